The zero-order valence-corrected chi connectivity index (χ0v) is 9.78. The maximum Gasteiger partial charge on any atom is 0.0672 e. The number of nitriles is 1. The van der Waals surface area contributed by atoms with Crippen LogP contribution < -0.4 is 0 Å². The van der Waals surface area contributed by atoms with Crippen molar-refractivity contribution in [3.05, 3.63) is 0 Å². The number of nitrogens with zero attached hydrogens (tertiary/aromatic N) is 2. The van der Waals surface area contributed by atoms with Crippen LogP contribution in [0.25, 0.3) is 0 Å². The average molecular weight is 206 g/mol. The molecule has 15 heavy (non-hydrogen) atoms. The van der Waals surface area contributed by atoms with E-state index in [-0.39, 0.29) is 0 Å². The Hall–Kier alpha value is -0.550. The zero-order chi connectivity index (χ0) is 10.7. The average Bonchev–Trinajstić information content (AvgIpc) is 2.30. The van der Waals surface area contributed by atoms with Crippen molar-refractivity contribution in [1.29, 1.82) is 5.26 Å². The van der Waals surface area contributed by atoms with Gasteiger partial charge in [0.1, 0.15) is 0 Å². The predicted molar refractivity (Wildman–Crippen MR) is 61.4 cm³/mol. The Morgan fingerprint density at radius 1 is 1.07 bits per heavy atom. The van der Waals surface area contributed by atoms with Gasteiger partial charge in [-0.25, -0.2) is 0 Å². The summed E-state index contributed by atoms with van der Waals surface area (Å²) in [4.78, 5) is 2.62. The maximum atomic E-state index is 9.20. The van der Waals surface area contributed by atoms with E-state index >= 15 is 0 Å². The molecule has 2 fully saturated rings. The molecular weight excluding hydrogens is 184 g/mol. The summed E-state index contributed by atoms with van der Waals surface area (Å²) in [5, 5.41) is 9.20. The molecule has 0 spiro atoms. The number of hydrogen-bond acceptors (Lipinski definition) is 2. The Kier molecular flexibility index (Phi) is 3.64. The normalized spacial score (nSPS) is 38.5. The second-order valence-corrected chi connectivity index (χ2v) is 5.17. The molecule has 0 aromatic rings. The lowest BCUT2D eigenvalue weighted by Gasteiger charge is -2.43. The van der Waals surface area contributed by atoms with Crippen molar-refractivity contribution in [3.8, 4) is 6.07 Å². The molecule has 3 unspecified atom stereocenters. The summed E-state index contributed by atoms with van der Waals surface area (Å²) in [6.45, 7) is 3.56. The number of hydrogen-bond donors (Lipinski definition) is 0. The SMILES string of the molecule is CC1CCCCN1C1CCCCC1C#N. The second kappa shape index (κ2) is 4.99. The van der Waals surface area contributed by atoms with Gasteiger partial charge in [-0.2, -0.15) is 5.26 Å². The molecule has 1 aliphatic heterocycles. The van der Waals surface area contributed by atoms with Crippen LogP contribution in [0.15, 0.2) is 0 Å². The van der Waals surface area contributed by atoms with E-state index in [9.17, 15) is 5.26 Å². The minimum Gasteiger partial charge on any atom is -0.296 e. The Bertz CT molecular complexity index is 243. The quantitative estimate of drug-likeness (QED) is 0.659. The fourth-order valence-electron chi connectivity index (χ4n) is 3.27. The Morgan fingerprint density at radius 3 is 2.53 bits per heavy atom. The van der Waals surface area contributed by atoms with Gasteiger partial charge in [0.15, 0.2) is 0 Å². The van der Waals surface area contributed by atoms with Gasteiger partial charge in [-0.1, -0.05) is 19.3 Å². The predicted octanol–water partition coefficient (Wildman–Crippen LogP) is 2.94. The lowest BCUT2D eigenvalue weighted by atomic mass is 9.83. The molecule has 1 saturated heterocycles. The van der Waals surface area contributed by atoms with E-state index in [2.05, 4.69) is 17.9 Å². The highest BCUT2D eigenvalue weighted by atomic mass is 15.2. The number of rotatable bonds is 1. The highest BCUT2D eigenvalue weighted by Crippen LogP contribution is 2.32. The first-order valence-electron chi connectivity index (χ1n) is 6.48. The van der Waals surface area contributed by atoms with E-state index in [1.807, 2.05) is 0 Å². The van der Waals surface area contributed by atoms with Crippen LogP contribution in [0, 0.1) is 17.2 Å². The van der Waals surface area contributed by atoms with Crippen molar-refractivity contribution in [2.24, 2.45) is 5.92 Å². The van der Waals surface area contributed by atoms with E-state index in [1.54, 1.807) is 0 Å². The molecule has 0 aromatic carbocycles. The Balaban J connectivity index is 2.03. The molecule has 1 saturated carbocycles. The molecule has 0 bridgehead atoms. The van der Waals surface area contributed by atoms with Crippen LogP contribution in [-0.4, -0.2) is 23.5 Å². The van der Waals surface area contributed by atoms with Crippen molar-refractivity contribution >= 4 is 0 Å². The number of likely N-dealkylation sites (tertiary alicyclic amines) is 1. The highest BCUT2D eigenvalue weighted by Gasteiger charge is 2.33. The van der Waals surface area contributed by atoms with Crippen LogP contribution in [0.5, 0.6) is 0 Å². The summed E-state index contributed by atoms with van der Waals surface area (Å²) in [7, 11) is 0. The fraction of sp³-hybridized carbons (Fsp3) is 0.923. The lowest BCUT2D eigenvalue weighted by molar-refractivity contribution is 0.0620. The molecule has 0 aromatic heterocycles. The van der Waals surface area contributed by atoms with Gasteiger partial charge in [-0.05, 0) is 39.2 Å². The van der Waals surface area contributed by atoms with Gasteiger partial charge in [0, 0.05) is 12.1 Å². The van der Waals surface area contributed by atoms with Crippen LogP contribution >= 0.6 is 0 Å². The Labute approximate surface area is 93.3 Å². The molecule has 2 rings (SSSR count). The molecule has 84 valence electrons. The summed E-state index contributed by atoms with van der Waals surface area (Å²) < 4.78 is 0. The summed E-state index contributed by atoms with van der Waals surface area (Å²) in [5.41, 5.74) is 0. The van der Waals surface area contributed by atoms with Crippen LogP contribution in [0.3, 0.4) is 0 Å². The van der Waals surface area contributed by atoms with E-state index < -0.39 is 0 Å². The highest BCUT2D eigenvalue weighted by molar-refractivity contribution is 4.97. The third-order valence-corrected chi connectivity index (χ3v) is 4.18. The van der Waals surface area contributed by atoms with E-state index in [1.165, 1.54) is 45.1 Å². The largest absolute Gasteiger partial charge is 0.296 e. The summed E-state index contributed by atoms with van der Waals surface area (Å²) >= 11 is 0. The van der Waals surface area contributed by atoms with Crippen LogP contribution in [0.1, 0.15) is 51.9 Å². The molecule has 2 nitrogen and oxygen atoms in total. The minimum absolute atomic E-state index is 0.305. The molecule has 1 aliphatic carbocycles. The minimum atomic E-state index is 0.305. The smallest absolute Gasteiger partial charge is 0.0672 e. The topological polar surface area (TPSA) is 27.0 Å². The number of piperidine rings is 1. The monoisotopic (exact) mass is 206 g/mol. The summed E-state index contributed by atoms with van der Waals surface area (Å²) in [5.74, 6) is 0.305. The zero-order valence-electron chi connectivity index (χ0n) is 9.78. The first-order chi connectivity index (χ1) is 7.33. The van der Waals surface area contributed by atoms with E-state index in [4.69, 9.17) is 0 Å². The van der Waals surface area contributed by atoms with Gasteiger partial charge < -0.3 is 0 Å². The van der Waals surface area contributed by atoms with E-state index in [0.29, 0.717) is 18.0 Å². The first kappa shape index (κ1) is 11.0. The van der Waals surface area contributed by atoms with Crippen LogP contribution in [0.2, 0.25) is 0 Å². The van der Waals surface area contributed by atoms with Crippen LogP contribution in [0.4, 0.5) is 0 Å². The molecular formula is C13H22N2. The van der Waals surface area contributed by atoms with Crippen molar-refractivity contribution in [3.63, 3.8) is 0 Å². The van der Waals surface area contributed by atoms with Crippen LogP contribution in [-0.2, 0) is 0 Å². The molecule has 2 heteroatoms. The third-order valence-electron chi connectivity index (χ3n) is 4.18. The molecule has 0 N–H and O–H groups in total. The van der Waals surface area contributed by atoms with Crippen molar-refractivity contribution < 1.29 is 0 Å². The van der Waals surface area contributed by atoms with Gasteiger partial charge in [0.05, 0.1) is 12.0 Å². The van der Waals surface area contributed by atoms with Gasteiger partial charge in [-0.3, -0.25) is 4.90 Å². The molecule has 1 heterocycles. The standard InChI is InChI=1S/C13H22N2/c1-11-6-4-5-9-15(11)13-8-3-2-7-12(13)10-14/h11-13H,2-9H2,1H3. The fourth-order valence-corrected chi connectivity index (χ4v) is 3.27. The van der Waals surface area contributed by atoms with Crippen molar-refractivity contribution in [2.75, 3.05) is 6.54 Å². The molecule has 0 amide bonds. The summed E-state index contributed by atoms with van der Waals surface area (Å²) in [6, 6.07) is 3.80. The van der Waals surface area contributed by atoms with Gasteiger partial charge in [-0.15, -0.1) is 0 Å². The third kappa shape index (κ3) is 2.34. The molecule has 2 aliphatic rings. The lowest BCUT2D eigenvalue weighted by Crippen LogP contribution is -2.49. The van der Waals surface area contributed by atoms with Crippen molar-refractivity contribution in [1.82, 2.24) is 4.90 Å². The first-order valence-corrected chi connectivity index (χ1v) is 6.48. The van der Waals surface area contributed by atoms with Gasteiger partial charge in [0.25, 0.3) is 0 Å². The maximum absolute atomic E-state index is 9.20. The van der Waals surface area contributed by atoms with E-state index in [0.717, 1.165) is 6.42 Å². The van der Waals surface area contributed by atoms with Gasteiger partial charge in [0.2, 0.25) is 0 Å². The summed E-state index contributed by atoms with van der Waals surface area (Å²) in [6.07, 6.45) is 9.01. The Morgan fingerprint density at radius 2 is 1.80 bits per heavy atom. The second-order valence-electron chi connectivity index (χ2n) is 5.17. The van der Waals surface area contributed by atoms with Crippen molar-refractivity contribution in [2.45, 2.75) is 64.0 Å². The molecule has 3 atom stereocenters. The van der Waals surface area contributed by atoms with Gasteiger partial charge >= 0.3 is 0 Å². The molecule has 0 radical (unpaired) electrons.